The van der Waals surface area contributed by atoms with Crippen LogP contribution in [-0.4, -0.2) is 53.8 Å². The van der Waals surface area contributed by atoms with E-state index in [0.717, 1.165) is 18.7 Å². The van der Waals surface area contributed by atoms with Crippen molar-refractivity contribution in [2.45, 2.75) is 43.6 Å². The van der Waals surface area contributed by atoms with Crippen LogP contribution in [0.15, 0.2) is 48.7 Å². The number of piperidine rings is 1. The lowest BCUT2D eigenvalue weighted by Crippen LogP contribution is -2.50. The predicted octanol–water partition coefficient (Wildman–Crippen LogP) is 2.93. The second kappa shape index (κ2) is 7.40. The molecule has 2 unspecified atom stereocenters. The Morgan fingerprint density at radius 3 is 2.57 bits per heavy atom. The minimum absolute atomic E-state index is 0.105. The second-order valence-electron chi connectivity index (χ2n) is 8.17. The van der Waals surface area contributed by atoms with E-state index < -0.39 is 11.6 Å². The molecule has 0 saturated carbocycles. The standard InChI is InChI=1S/C23H25N3O4/c1-29-21(27)17-7-9-19(24-15-17)25-13-11-23(12-14-25)22(28)26-18(8-10-20(26)30-23)16-5-3-2-4-6-16/h2-7,9,15,18,20H,8,10-14H2,1H3. The maximum atomic E-state index is 13.5. The fraction of sp³-hybridized carbons (Fsp3) is 0.435. The number of carbonyl (C=O) groups excluding carboxylic acids is 2. The van der Waals surface area contributed by atoms with Crippen molar-refractivity contribution in [3.05, 3.63) is 59.8 Å². The number of rotatable bonds is 3. The summed E-state index contributed by atoms with van der Waals surface area (Å²) in [4.78, 5) is 33.6. The van der Waals surface area contributed by atoms with Gasteiger partial charge >= 0.3 is 5.97 Å². The highest BCUT2D eigenvalue weighted by molar-refractivity contribution is 5.89. The van der Waals surface area contributed by atoms with Gasteiger partial charge in [-0.1, -0.05) is 30.3 Å². The van der Waals surface area contributed by atoms with Crippen LogP contribution in [0.25, 0.3) is 0 Å². The molecule has 3 fully saturated rings. The first-order chi connectivity index (χ1) is 14.6. The third kappa shape index (κ3) is 3.04. The van der Waals surface area contributed by atoms with Crippen LogP contribution in [0.4, 0.5) is 5.82 Å². The molecule has 156 valence electrons. The highest BCUT2D eigenvalue weighted by Gasteiger charge is 2.57. The molecule has 2 aromatic rings. The molecule has 0 bridgehead atoms. The van der Waals surface area contributed by atoms with Crippen molar-refractivity contribution in [1.82, 2.24) is 9.88 Å². The Morgan fingerprint density at radius 2 is 1.90 bits per heavy atom. The largest absolute Gasteiger partial charge is 0.465 e. The number of esters is 1. The average molecular weight is 407 g/mol. The van der Waals surface area contributed by atoms with E-state index in [0.29, 0.717) is 31.5 Å². The Kier molecular flexibility index (Phi) is 4.70. The van der Waals surface area contributed by atoms with Gasteiger partial charge in [-0.05, 0) is 30.5 Å². The van der Waals surface area contributed by atoms with Gasteiger partial charge in [0, 0.05) is 32.1 Å². The first-order valence-corrected chi connectivity index (χ1v) is 10.5. The molecule has 7 nitrogen and oxygen atoms in total. The number of aromatic nitrogens is 1. The van der Waals surface area contributed by atoms with Crippen LogP contribution in [0.2, 0.25) is 0 Å². The molecular weight excluding hydrogens is 382 g/mol. The number of carbonyl (C=O) groups is 2. The van der Waals surface area contributed by atoms with Crippen molar-refractivity contribution in [2.75, 3.05) is 25.1 Å². The van der Waals surface area contributed by atoms with Crippen molar-refractivity contribution in [3.63, 3.8) is 0 Å². The van der Waals surface area contributed by atoms with Crippen molar-refractivity contribution in [3.8, 4) is 0 Å². The maximum Gasteiger partial charge on any atom is 0.339 e. The SMILES string of the molecule is COC(=O)c1ccc(N2CCC3(CC2)OC2CCC(c4ccccc4)N2C3=O)nc1. The number of methoxy groups -OCH3 is 1. The molecule has 4 heterocycles. The lowest BCUT2D eigenvalue weighted by atomic mass is 9.89. The Balaban J connectivity index is 1.28. The second-order valence-corrected chi connectivity index (χ2v) is 8.17. The summed E-state index contributed by atoms with van der Waals surface area (Å²) in [5.74, 6) is 0.531. The Morgan fingerprint density at radius 1 is 1.13 bits per heavy atom. The van der Waals surface area contributed by atoms with Crippen LogP contribution >= 0.6 is 0 Å². The molecule has 5 rings (SSSR count). The smallest absolute Gasteiger partial charge is 0.339 e. The van der Waals surface area contributed by atoms with Gasteiger partial charge in [0.15, 0.2) is 5.60 Å². The number of amides is 1. The van der Waals surface area contributed by atoms with Crippen LogP contribution in [0, 0.1) is 0 Å². The molecule has 30 heavy (non-hydrogen) atoms. The van der Waals surface area contributed by atoms with Gasteiger partial charge in [0.05, 0.1) is 18.7 Å². The summed E-state index contributed by atoms with van der Waals surface area (Å²) < 4.78 is 11.1. The monoisotopic (exact) mass is 407 g/mol. The van der Waals surface area contributed by atoms with Crippen LogP contribution in [0.3, 0.4) is 0 Å². The van der Waals surface area contributed by atoms with Crippen molar-refractivity contribution >= 4 is 17.7 Å². The molecule has 3 aliphatic rings. The summed E-state index contributed by atoms with van der Waals surface area (Å²) >= 11 is 0. The Bertz CT molecular complexity index is 939. The van der Waals surface area contributed by atoms with E-state index in [1.165, 1.54) is 18.9 Å². The summed E-state index contributed by atoms with van der Waals surface area (Å²) in [6, 6.07) is 13.9. The van der Waals surface area contributed by atoms with Gasteiger partial charge in [-0.25, -0.2) is 9.78 Å². The van der Waals surface area contributed by atoms with E-state index >= 15 is 0 Å². The van der Waals surface area contributed by atoms with Crippen LogP contribution < -0.4 is 4.90 Å². The van der Waals surface area contributed by atoms with Gasteiger partial charge in [0.25, 0.3) is 5.91 Å². The van der Waals surface area contributed by atoms with E-state index in [2.05, 4.69) is 22.0 Å². The topological polar surface area (TPSA) is 72.0 Å². The quantitative estimate of drug-likeness (QED) is 0.729. The number of ether oxygens (including phenoxy) is 2. The fourth-order valence-corrected chi connectivity index (χ4v) is 4.96. The van der Waals surface area contributed by atoms with Gasteiger partial charge in [-0.15, -0.1) is 0 Å². The molecule has 1 aromatic heterocycles. The first-order valence-electron chi connectivity index (χ1n) is 10.5. The summed E-state index contributed by atoms with van der Waals surface area (Å²) in [5, 5.41) is 0. The van der Waals surface area contributed by atoms with Gasteiger partial charge < -0.3 is 19.3 Å². The number of pyridine rings is 1. The zero-order valence-electron chi connectivity index (χ0n) is 17.0. The molecule has 3 saturated heterocycles. The number of anilines is 1. The molecule has 1 amide bonds. The van der Waals surface area contributed by atoms with Crippen molar-refractivity contribution < 1.29 is 19.1 Å². The number of fused-ring (bicyclic) bond motifs is 1. The average Bonchev–Trinajstić information content (AvgIpc) is 3.32. The number of nitrogens with zero attached hydrogens (tertiary/aromatic N) is 3. The van der Waals surface area contributed by atoms with Gasteiger partial charge in [-0.2, -0.15) is 0 Å². The van der Waals surface area contributed by atoms with Gasteiger partial charge in [0.2, 0.25) is 0 Å². The van der Waals surface area contributed by atoms with Crippen LogP contribution in [0.1, 0.15) is 47.6 Å². The number of hydrogen-bond donors (Lipinski definition) is 0. The Hall–Kier alpha value is -2.93. The van der Waals surface area contributed by atoms with E-state index in [9.17, 15) is 9.59 Å². The third-order valence-corrected chi connectivity index (χ3v) is 6.57. The third-order valence-electron chi connectivity index (χ3n) is 6.57. The molecule has 1 aromatic carbocycles. The minimum Gasteiger partial charge on any atom is -0.465 e. The highest BCUT2D eigenvalue weighted by atomic mass is 16.6. The van der Waals surface area contributed by atoms with Gasteiger partial charge in [0.1, 0.15) is 12.0 Å². The lowest BCUT2D eigenvalue weighted by molar-refractivity contribution is -0.140. The summed E-state index contributed by atoms with van der Waals surface area (Å²) in [7, 11) is 1.35. The summed E-state index contributed by atoms with van der Waals surface area (Å²) in [6.07, 6.45) is 4.52. The van der Waals surface area contributed by atoms with Gasteiger partial charge in [-0.3, -0.25) is 4.79 Å². The Labute approximate surface area is 175 Å². The van der Waals surface area contributed by atoms with Crippen LogP contribution in [0.5, 0.6) is 0 Å². The van der Waals surface area contributed by atoms with E-state index in [1.54, 1.807) is 6.07 Å². The highest BCUT2D eigenvalue weighted by Crippen LogP contribution is 2.47. The first kappa shape index (κ1) is 19.1. The molecular formula is C23H25N3O4. The van der Waals surface area contributed by atoms with Crippen molar-refractivity contribution in [2.24, 2.45) is 0 Å². The predicted molar refractivity (Wildman–Crippen MR) is 110 cm³/mol. The molecule has 0 aliphatic carbocycles. The molecule has 1 spiro atoms. The van der Waals surface area contributed by atoms with E-state index in [4.69, 9.17) is 9.47 Å². The van der Waals surface area contributed by atoms with Crippen molar-refractivity contribution in [1.29, 1.82) is 0 Å². The fourth-order valence-electron chi connectivity index (χ4n) is 4.96. The van der Waals surface area contributed by atoms with E-state index in [-0.39, 0.29) is 18.2 Å². The number of hydrogen-bond acceptors (Lipinski definition) is 6. The lowest BCUT2D eigenvalue weighted by Gasteiger charge is -2.38. The molecule has 2 atom stereocenters. The van der Waals surface area contributed by atoms with E-state index in [1.807, 2.05) is 29.2 Å². The molecule has 0 radical (unpaired) electrons. The molecule has 7 heteroatoms. The maximum absolute atomic E-state index is 13.5. The molecule has 3 aliphatic heterocycles. The summed E-state index contributed by atoms with van der Waals surface area (Å²) in [5.41, 5.74) is 0.888. The minimum atomic E-state index is -0.722. The molecule has 0 N–H and O–H groups in total. The summed E-state index contributed by atoms with van der Waals surface area (Å²) in [6.45, 7) is 1.37. The van der Waals surface area contributed by atoms with Crippen LogP contribution in [-0.2, 0) is 14.3 Å². The number of benzene rings is 1. The zero-order valence-corrected chi connectivity index (χ0v) is 17.0. The zero-order chi connectivity index (χ0) is 20.7. The normalized spacial score (nSPS) is 24.9.